The quantitative estimate of drug-likeness (QED) is 0.572. The third-order valence-electron chi connectivity index (χ3n) is 1.74. The first-order valence-electron chi connectivity index (χ1n) is 4.57. The molecule has 13 heavy (non-hydrogen) atoms. The fourth-order valence-electron chi connectivity index (χ4n) is 1.39. The number of aliphatic carboxylic acids is 1. The molecule has 0 saturated heterocycles. The summed E-state index contributed by atoms with van der Waals surface area (Å²) in [6.07, 6.45) is 0.410. The lowest BCUT2D eigenvalue weighted by atomic mass is 10.1. The summed E-state index contributed by atoms with van der Waals surface area (Å²) in [6.45, 7) is 5.48. The Morgan fingerprint density at radius 2 is 1.85 bits per heavy atom. The Morgan fingerprint density at radius 3 is 2.23 bits per heavy atom. The first-order chi connectivity index (χ1) is 5.91. The van der Waals surface area contributed by atoms with E-state index in [-0.39, 0.29) is 24.6 Å². The molecule has 78 valence electrons. The number of aliphatic hydroxyl groups is 1. The average Bonchev–Trinajstić information content (AvgIpc) is 1.80. The lowest BCUT2D eigenvalue weighted by Gasteiger charge is -2.19. The average molecular weight is 189 g/mol. The molecule has 0 aromatic heterocycles. The van der Waals surface area contributed by atoms with Crippen LogP contribution in [0.25, 0.3) is 0 Å². The molecule has 3 atom stereocenters. The van der Waals surface area contributed by atoms with Crippen molar-refractivity contribution in [2.45, 2.75) is 51.8 Å². The molecule has 0 rings (SSSR count). The summed E-state index contributed by atoms with van der Waals surface area (Å²) in [5.41, 5.74) is 0. The highest BCUT2D eigenvalue weighted by Crippen LogP contribution is 2.00. The molecule has 0 bridgehead atoms. The number of rotatable bonds is 6. The molecule has 0 aromatic rings. The van der Waals surface area contributed by atoms with Crippen LogP contribution in [0.15, 0.2) is 0 Å². The van der Waals surface area contributed by atoms with E-state index in [1.807, 2.05) is 13.8 Å². The smallest absolute Gasteiger partial charge is 0.304 e. The van der Waals surface area contributed by atoms with Crippen LogP contribution in [0, 0.1) is 0 Å². The van der Waals surface area contributed by atoms with Gasteiger partial charge in [-0.15, -0.1) is 0 Å². The van der Waals surface area contributed by atoms with Gasteiger partial charge in [0.05, 0.1) is 12.5 Å². The molecule has 0 radical (unpaired) electrons. The summed E-state index contributed by atoms with van der Waals surface area (Å²) in [6, 6.07) is 0.0978. The number of carboxylic acids is 1. The van der Waals surface area contributed by atoms with Gasteiger partial charge in [0.25, 0.3) is 0 Å². The normalized spacial score (nSPS) is 17.8. The van der Waals surface area contributed by atoms with Crippen LogP contribution in [0.3, 0.4) is 0 Å². The number of hydrogen-bond acceptors (Lipinski definition) is 3. The van der Waals surface area contributed by atoms with E-state index in [1.54, 1.807) is 6.92 Å². The minimum absolute atomic E-state index is 0.0498. The van der Waals surface area contributed by atoms with Gasteiger partial charge in [0, 0.05) is 12.1 Å². The van der Waals surface area contributed by atoms with Gasteiger partial charge in [-0.05, 0) is 27.2 Å². The standard InChI is InChI=1S/C9H19NO3/c1-6(4-8(3)11)10-7(2)5-9(12)13/h6-8,10-11H,4-5H2,1-3H3,(H,12,13). The second-order valence-corrected chi connectivity index (χ2v) is 3.65. The molecule has 0 saturated carbocycles. The van der Waals surface area contributed by atoms with E-state index in [2.05, 4.69) is 5.32 Å². The molecular formula is C9H19NO3. The summed E-state index contributed by atoms with van der Waals surface area (Å²) in [4.78, 5) is 10.3. The Kier molecular flexibility index (Phi) is 5.66. The lowest BCUT2D eigenvalue weighted by molar-refractivity contribution is -0.137. The van der Waals surface area contributed by atoms with E-state index >= 15 is 0 Å². The summed E-state index contributed by atoms with van der Waals surface area (Å²) in [5.74, 6) is -0.802. The van der Waals surface area contributed by atoms with Crippen molar-refractivity contribution in [3.8, 4) is 0 Å². The molecule has 0 aliphatic carbocycles. The van der Waals surface area contributed by atoms with Crippen LogP contribution in [0.4, 0.5) is 0 Å². The van der Waals surface area contributed by atoms with Crippen molar-refractivity contribution in [3.05, 3.63) is 0 Å². The molecule has 4 heteroatoms. The molecule has 0 heterocycles. The number of aliphatic hydroxyl groups excluding tert-OH is 1. The van der Waals surface area contributed by atoms with Gasteiger partial charge in [-0.2, -0.15) is 0 Å². The predicted molar refractivity (Wildman–Crippen MR) is 50.6 cm³/mol. The van der Waals surface area contributed by atoms with Crippen LogP contribution in [0.1, 0.15) is 33.6 Å². The largest absolute Gasteiger partial charge is 0.481 e. The van der Waals surface area contributed by atoms with Gasteiger partial charge in [0.15, 0.2) is 0 Å². The Morgan fingerprint density at radius 1 is 1.31 bits per heavy atom. The fourth-order valence-corrected chi connectivity index (χ4v) is 1.39. The molecule has 0 fully saturated rings. The highest BCUT2D eigenvalue weighted by molar-refractivity contribution is 5.67. The van der Waals surface area contributed by atoms with E-state index < -0.39 is 5.97 Å². The Labute approximate surface area is 79.0 Å². The summed E-state index contributed by atoms with van der Waals surface area (Å²) < 4.78 is 0. The molecule has 0 aliphatic heterocycles. The number of carboxylic acid groups (broad SMARTS) is 1. The maximum absolute atomic E-state index is 10.3. The van der Waals surface area contributed by atoms with Crippen LogP contribution in [0.2, 0.25) is 0 Å². The summed E-state index contributed by atoms with van der Waals surface area (Å²) >= 11 is 0. The zero-order valence-corrected chi connectivity index (χ0v) is 8.45. The second kappa shape index (κ2) is 5.94. The summed E-state index contributed by atoms with van der Waals surface area (Å²) in [5, 5.41) is 20.7. The van der Waals surface area contributed by atoms with Gasteiger partial charge in [-0.1, -0.05) is 0 Å². The van der Waals surface area contributed by atoms with Crippen LogP contribution >= 0.6 is 0 Å². The molecule has 3 N–H and O–H groups in total. The number of hydrogen-bond donors (Lipinski definition) is 3. The predicted octanol–water partition coefficient (Wildman–Crippen LogP) is 0.599. The van der Waals surface area contributed by atoms with E-state index in [0.29, 0.717) is 6.42 Å². The highest BCUT2D eigenvalue weighted by atomic mass is 16.4. The van der Waals surface area contributed by atoms with E-state index in [4.69, 9.17) is 10.2 Å². The van der Waals surface area contributed by atoms with Crippen LogP contribution in [-0.2, 0) is 4.79 Å². The van der Waals surface area contributed by atoms with Crippen molar-refractivity contribution in [1.29, 1.82) is 0 Å². The number of carbonyl (C=O) groups is 1. The lowest BCUT2D eigenvalue weighted by Crippen LogP contribution is -2.37. The minimum atomic E-state index is -0.802. The van der Waals surface area contributed by atoms with Crippen molar-refractivity contribution in [1.82, 2.24) is 5.32 Å². The van der Waals surface area contributed by atoms with Crippen molar-refractivity contribution in [2.24, 2.45) is 0 Å². The fraction of sp³-hybridized carbons (Fsp3) is 0.889. The molecule has 0 aliphatic rings. The van der Waals surface area contributed by atoms with Crippen LogP contribution in [0.5, 0.6) is 0 Å². The van der Waals surface area contributed by atoms with Gasteiger partial charge in [0.2, 0.25) is 0 Å². The van der Waals surface area contributed by atoms with E-state index in [1.165, 1.54) is 0 Å². The second-order valence-electron chi connectivity index (χ2n) is 3.65. The van der Waals surface area contributed by atoms with Crippen LogP contribution < -0.4 is 5.32 Å². The molecular weight excluding hydrogens is 170 g/mol. The minimum Gasteiger partial charge on any atom is -0.481 e. The zero-order valence-electron chi connectivity index (χ0n) is 8.45. The molecule has 0 spiro atoms. The Hall–Kier alpha value is -0.610. The third kappa shape index (κ3) is 7.74. The molecule has 4 nitrogen and oxygen atoms in total. The maximum atomic E-state index is 10.3. The number of nitrogens with one attached hydrogen (secondary N) is 1. The van der Waals surface area contributed by atoms with E-state index in [0.717, 1.165) is 0 Å². The van der Waals surface area contributed by atoms with Gasteiger partial charge in [0.1, 0.15) is 0 Å². The third-order valence-corrected chi connectivity index (χ3v) is 1.74. The molecule has 0 aromatic carbocycles. The first kappa shape index (κ1) is 12.4. The van der Waals surface area contributed by atoms with Gasteiger partial charge in [-0.25, -0.2) is 0 Å². The molecule has 0 amide bonds. The maximum Gasteiger partial charge on any atom is 0.304 e. The summed E-state index contributed by atoms with van der Waals surface area (Å²) in [7, 11) is 0. The van der Waals surface area contributed by atoms with Gasteiger partial charge >= 0.3 is 5.97 Å². The Bertz CT molecular complexity index is 159. The van der Waals surface area contributed by atoms with Crippen LogP contribution in [-0.4, -0.2) is 34.4 Å². The van der Waals surface area contributed by atoms with Crippen molar-refractivity contribution >= 4 is 5.97 Å². The molecule has 3 unspecified atom stereocenters. The van der Waals surface area contributed by atoms with E-state index in [9.17, 15) is 4.79 Å². The highest BCUT2D eigenvalue weighted by Gasteiger charge is 2.11. The SMILES string of the molecule is CC(O)CC(C)NC(C)CC(=O)O. The topological polar surface area (TPSA) is 69.6 Å². The Balaban J connectivity index is 3.64. The first-order valence-corrected chi connectivity index (χ1v) is 4.57. The monoisotopic (exact) mass is 189 g/mol. The van der Waals surface area contributed by atoms with Gasteiger partial charge in [-0.3, -0.25) is 4.79 Å². The van der Waals surface area contributed by atoms with Crippen molar-refractivity contribution in [3.63, 3.8) is 0 Å². The van der Waals surface area contributed by atoms with Gasteiger partial charge < -0.3 is 15.5 Å². The van der Waals surface area contributed by atoms with Crippen molar-refractivity contribution < 1.29 is 15.0 Å². The zero-order chi connectivity index (χ0) is 10.4. The van der Waals surface area contributed by atoms with Crippen molar-refractivity contribution in [2.75, 3.05) is 0 Å².